The zero-order valence-corrected chi connectivity index (χ0v) is 20.7. The minimum Gasteiger partial charge on any atom is -0.0888 e. The molecule has 0 radical (unpaired) electrons. The molecule has 7 atom stereocenters. The summed E-state index contributed by atoms with van der Waals surface area (Å²) >= 11 is 8.30. The highest BCUT2D eigenvalue weighted by Gasteiger charge is 2.43. The lowest BCUT2D eigenvalue weighted by Gasteiger charge is -2.48. The molecule has 4 aliphatic carbocycles. The Morgan fingerprint density at radius 1 is 0.808 bits per heavy atom. The third-order valence-electron chi connectivity index (χ3n) is 8.91. The van der Waals surface area contributed by atoms with Gasteiger partial charge >= 0.3 is 0 Å². The van der Waals surface area contributed by atoms with Gasteiger partial charge in [-0.1, -0.05) is 71.9 Å². The molecule has 4 bridgehead atoms. The van der Waals surface area contributed by atoms with Crippen molar-refractivity contribution in [3.8, 4) is 0 Å². The molecule has 3 unspecified atom stereocenters. The number of halogens is 2. The van der Waals surface area contributed by atoms with E-state index in [0.717, 1.165) is 27.4 Å². The van der Waals surface area contributed by atoms with Crippen LogP contribution in [0.25, 0.3) is 0 Å². The number of unbranched alkanes of at least 4 members (excludes halogenated alkanes) is 1. The largest absolute Gasteiger partial charge is 0.0888 e. The lowest BCUT2D eigenvalue weighted by Crippen LogP contribution is -2.39. The Bertz CT molecular complexity index is 449. The van der Waals surface area contributed by atoms with E-state index in [1.54, 1.807) is 0 Å². The van der Waals surface area contributed by atoms with Crippen molar-refractivity contribution in [1.82, 2.24) is 0 Å². The van der Waals surface area contributed by atoms with Crippen molar-refractivity contribution in [2.75, 3.05) is 0 Å². The first-order valence-electron chi connectivity index (χ1n) is 11.6. The van der Waals surface area contributed by atoms with E-state index in [-0.39, 0.29) is 0 Å². The number of hydrogen-bond acceptors (Lipinski definition) is 0. The fourth-order valence-corrected chi connectivity index (χ4v) is 8.17. The van der Waals surface area contributed by atoms with Gasteiger partial charge in [0.1, 0.15) is 0 Å². The predicted molar refractivity (Wildman–Crippen MR) is 122 cm³/mol. The highest BCUT2D eigenvalue weighted by atomic mass is 79.9. The van der Waals surface area contributed by atoms with E-state index in [1.165, 1.54) is 89.9 Å². The van der Waals surface area contributed by atoms with Crippen LogP contribution < -0.4 is 0 Å². The maximum atomic E-state index is 4.16. The molecule has 26 heavy (non-hydrogen) atoms. The highest BCUT2D eigenvalue weighted by molar-refractivity contribution is 9.09. The molecular formula is C24H42Br2. The first kappa shape index (κ1) is 21.7. The van der Waals surface area contributed by atoms with Crippen LogP contribution >= 0.6 is 31.9 Å². The molecule has 0 aliphatic heterocycles. The third kappa shape index (κ3) is 4.92. The van der Waals surface area contributed by atoms with Crippen molar-refractivity contribution in [2.45, 2.75) is 120 Å². The normalized spacial score (nSPS) is 47.7. The van der Waals surface area contributed by atoms with Gasteiger partial charge < -0.3 is 0 Å². The van der Waals surface area contributed by atoms with E-state index in [1.807, 2.05) is 0 Å². The van der Waals surface area contributed by atoms with Crippen LogP contribution in [0.2, 0.25) is 0 Å². The fraction of sp³-hybridized carbons (Fsp3) is 1.00. The summed E-state index contributed by atoms with van der Waals surface area (Å²) < 4.78 is 0. The number of hydrogen-bond donors (Lipinski definition) is 0. The number of rotatable bonds is 3. The standard InChI is InChI=1S/C24H42Br2/c1-4-5-6-20-9-10-21(25)19-8-7-18-11-13-24(3,22(26)17-18)16-15-23(20,2)14-12-19/h18-22H,4-17H2,1-3H3/t18?,19?,20?,21-,22-,23-,24+/m1/s1. The first-order chi connectivity index (χ1) is 12.4. The van der Waals surface area contributed by atoms with Crippen molar-refractivity contribution in [1.29, 1.82) is 0 Å². The molecule has 0 N–H and O–H groups in total. The Hall–Kier alpha value is 0.960. The first-order valence-corrected chi connectivity index (χ1v) is 13.5. The lowest BCUT2D eigenvalue weighted by molar-refractivity contribution is 0.0597. The molecule has 4 rings (SSSR count). The van der Waals surface area contributed by atoms with Crippen LogP contribution in [0.3, 0.4) is 0 Å². The predicted octanol–water partition coefficient (Wildman–Crippen LogP) is 8.90. The van der Waals surface area contributed by atoms with Crippen molar-refractivity contribution < 1.29 is 0 Å². The highest BCUT2D eigenvalue weighted by Crippen LogP contribution is 2.54. The fourth-order valence-electron chi connectivity index (χ4n) is 6.39. The van der Waals surface area contributed by atoms with E-state index in [9.17, 15) is 0 Å². The molecule has 0 nitrogen and oxygen atoms in total. The molecule has 0 aromatic rings. The average molecular weight is 490 g/mol. The zero-order chi connectivity index (χ0) is 18.8. The number of alkyl halides is 2. The van der Waals surface area contributed by atoms with Crippen molar-refractivity contribution in [3.05, 3.63) is 0 Å². The molecule has 0 heterocycles. The van der Waals surface area contributed by atoms with Gasteiger partial charge in [-0.15, -0.1) is 0 Å². The van der Waals surface area contributed by atoms with Gasteiger partial charge in [0.05, 0.1) is 0 Å². The molecule has 0 aromatic carbocycles. The molecule has 4 aliphatic rings. The van der Waals surface area contributed by atoms with Crippen LogP contribution in [-0.4, -0.2) is 9.65 Å². The smallest absolute Gasteiger partial charge is 0.0202 e. The average Bonchev–Trinajstić information content (AvgIpc) is 2.61. The van der Waals surface area contributed by atoms with Crippen molar-refractivity contribution in [3.63, 3.8) is 0 Å². The van der Waals surface area contributed by atoms with Crippen molar-refractivity contribution in [2.24, 2.45) is 28.6 Å². The second-order valence-electron chi connectivity index (χ2n) is 10.7. The van der Waals surface area contributed by atoms with Gasteiger partial charge in [0.2, 0.25) is 0 Å². The molecule has 2 heteroatoms. The molecule has 0 spiro atoms. The van der Waals surface area contributed by atoms with Crippen LogP contribution in [0.4, 0.5) is 0 Å². The molecule has 0 aromatic heterocycles. The molecule has 0 saturated heterocycles. The maximum absolute atomic E-state index is 4.16. The minimum atomic E-state index is 0.535. The van der Waals surface area contributed by atoms with Gasteiger partial charge in [0, 0.05) is 9.65 Å². The van der Waals surface area contributed by atoms with Crippen molar-refractivity contribution >= 4 is 31.9 Å². The summed E-state index contributed by atoms with van der Waals surface area (Å²) in [6.07, 6.45) is 20.3. The molecule has 152 valence electrons. The topological polar surface area (TPSA) is 0 Å². The van der Waals surface area contributed by atoms with Crippen LogP contribution in [0.15, 0.2) is 0 Å². The summed E-state index contributed by atoms with van der Waals surface area (Å²) in [7, 11) is 0. The van der Waals surface area contributed by atoms with Gasteiger partial charge in [-0.2, -0.15) is 0 Å². The Morgan fingerprint density at radius 2 is 1.54 bits per heavy atom. The van der Waals surface area contributed by atoms with Crippen LogP contribution in [0.5, 0.6) is 0 Å². The minimum absolute atomic E-state index is 0.535. The number of fused-ring (bicyclic) bond motifs is 4. The van der Waals surface area contributed by atoms with Gasteiger partial charge in [-0.25, -0.2) is 0 Å². The van der Waals surface area contributed by atoms with E-state index in [0.29, 0.717) is 10.8 Å². The van der Waals surface area contributed by atoms with Crippen LogP contribution in [0.1, 0.15) is 111 Å². The maximum Gasteiger partial charge on any atom is 0.0202 e. The van der Waals surface area contributed by atoms with Crippen LogP contribution in [-0.2, 0) is 0 Å². The summed E-state index contributed by atoms with van der Waals surface area (Å²) in [5.41, 5.74) is 1.11. The van der Waals surface area contributed by atoms with Crippen LogP contribution in [0, 0.1) is 28.6 Å². The second-order valence-corrected chi connectivity index (χ2v) is 13.0. The second kappa shape index (κ2) is 9.19. The third-order valence-corrected chi connectivity index (χ3v) is 11.6. The molecule has 4 fully saturated rings. The summed E-state index contributed by atoms with van der Waals surface area (Å²) in [5, 5.41) is 0. The monoisotopic (exact) mass is 488 g/mol. The Morgan fingerprint density at radius 3 is 2.27 bits per heavy atom. The van der Waals surface area contributed by atoms with E-state index < -0.39 is 0 Å². The lowest BCUT2D eigenvalue weighted by atomic mass is 9.59. The summed E-state index contributed by atoms with van der Waals surface area (Å²) in [6.45, 7) is 7.65. The van der Waals surface area contributed by atoms with Gasteiger partial charge in [0.15, 0.2) is 0 Å². The summed E-state index contributed by atoms with van der Waals surface area (Å²) in [4.78, 5) is 1.51. The quantitative estimate of drug-likeness (QED) is 0.347. The van der Waals surface area contributed by atoms with Gasteiger partial charge in [-0.05, 0) is 99.2 Å². The van der Waals surface area contributed by atoms with E-state index >= 15 is 0 Å². The van der Waals surface area contributed by atoms with E-state index in [4.69, 9.17) is 0 Å². The molecular weight excluding hydrogens is 448 g/mol. The SMILES string of the molecule is CCCCC1CC[C@@H](Br)C2CCC3CC[C@@](C)(CC[C@@]1(C)CC2)[C@H](Br)C3. The molecule has 4 saturated carbocycles. The Labute approximate surface area is 180 Å². The van der Waals surface area contributed by atoms with E-state index in [2.05, 4.69) is 52.6 Å². The zero-order valence-electron chi connectivity index (χ0n) is 17.5. The van der Waals surface area contributed by atoms with Gasteiger partial charge in [0.25, 0.3) is 0 Å². The summed E-state index contributed by atoms with van der Waals surface area (Å²) in [6, 6.07) is 0. The summed E-state index contributed by atoms with van der Waals surface area (Å²) in [5.74, 6) is 2.84. The molecule has 0 amide bonds. The Balaban J connectivity index is 1.84. The van der Waals surface area contributed by atoms with Gasteiger partial charge in [-0.3, -0.25) is 0 Å². The Kier molecular flexibility index (Phi) is 7.65.